The maximum atomic E-state index is 13.1. The van der Waals surface area contributed by atoms with Gasteiger partial charge >= 0.3 is 0 Å². The number of benzene rings is 1. The van der Waals surface area contributed by atoms with E-state index < -0.39 is 0 Å². The Kier molecular flexibility index (Phi) is 6.15. The van der Waals surface area contributed by atoms with Gasteiger partial charge in [0.05, 0.1) is 37.2 Å². The lowest BCUT2D eigenvalue weighted by molar-refractivity contribution is -0.0243. The van der Waals surface area contributed by atoms with Gasteiger partial charge in [0.1, 0.15) is 16.7 Å². The summed E-state index contributed by atoms with van der Waals surface area (Å²) in [4.78, 5) is 30.9. The van der Waals surface area contributed by atoms with Gasteiger partial charge in [-0.25, -0.2) is 15.0 Å². The molecule has 0 spiro atoms. The van der Waals surface area contributed by atoms with Gasteiger partial charge in [0, 0.05) is 32.4 Å². The number of carbonyl (C=O) groups excluding carboxylic acids is 1. The third-order valence-electron chi connectivity index (χ3n) is 5.18. The summed E-state index contributed by atoms with van der Waals surface area (Å²) in [5, 5.41) is 0. The van der Waals surface area contributed by atoms with Crippen LogP contribution in [0.2, 0.25) is 0 Å². The fourth-order valence-electron chi connectivity index (χ4n) is 3.51. The molecule has 3 aromatic rings. The minimum Gasteiger partial charge on any atom is -0.497 e. The van der Waals surface area contributed by atoms with E-state index in [0.29, 0.717) is 30.5 Å². The van der Waals surface area contributed by atoms with Crippen LogP contribution in [-0.2, 0) is 4.74 Å². The number of aromatic nitrogens is 3. The van der Waals surface area contributed by atoms with Gasteiger partial charge in [0.2, 0.25) is 5.95 Å². The fraction of sp³-hybridized carbons (Fsp3) is 0.364. The summed E-state index contributed by atoms with van der Waals surface area (Å²) in [6.45, 7) is 3.24. The molecule has 0 radical (unpaired) electrons. The molecule has 1 aliphatic heterocycles. The number of morpholine rings is 1. The van der Waals surface area contributed by atoms with Gasteiger partial charge < -0.3 is 19.3 Å². The molecule has 1 aromatic carbocycles. The molecule has 1 saturated heterocycles. The minimum atomic E-state index is -0.367. The lowest BCUT2D eigenvalue weighted by atomic mass is 10.0. The van der Waals surface area contributed by atoms with Crippen LogP contribution < -0.4 is 9.64 Å². The van der Waals surface area contributed by atoms with Crippen molar-refractivity contribution < 1.29 is 14.3 Å². The van der Waals surface area contributed by atoms with Crippen LogP contribution >= 0.6 is 11.3 Å². The Hall–Kier alpha value is -3.04. The normalized spacial score (nSPS) is 16.3. The first-order valence-electron chi connectivity index (χ1n) is 9.97. The lowest BCUT2D eigenvalue weighted by Gasteiger charge is -2.33. The molecular weight excluding hydrogens is 414 g/mol. The van der Waals surface area contributed by atoms with Crippen molar-refractivity contribution in [2.24, 2.45) is 0 Å². The van der Waals surface area contributed by atoms with Crippen molar-refractivity contribution in [1.29, 1.82) is 0 Å². The van der Waals surface area contributed by atoms with E-state index in [9.17, 15) is 4.79 Å². The quantitative estimate of drug-likeness (QED) is 0.604. The van der Waals surface area contributed by atoms with Crippen molar-refractivity contribution >= 4 is 23.2 Å². The fourth-order valence-corrected chi connectivity index (χ4v) is 4.28. The molecule has 8 nitrogen and oxygen atoms in total. The lowest BCUT2D eigenvalue weighted by Crippen LogP contribution is -2.42. The molecule has 4 rings (SSSR count). The molecule has 1 aliphatic rings. The van der Waals surface area contributed by atoms with E-state index in [4.69, 9.17) is 14.5 Å². The molecule has 1 unspecified atom stereocenters. The first-order valence-corrected chi connectivity index (χ1v) is 10.9. The van der Waals surface area contributed by atoms with Crippen molar-refractivity contribution in [3.63, 3.8) is 0 Å². The van der Waals surface area contributed by atoms with Crippen molar-refractivity contribution in [3.8, 4) is 16.9 Å². The van der Waals surface area contributed by atoms with Crippen LogP contribution in [0.5, 0.6) is 5.75 Å². The van der Waals surface area contributed by atoms with Crippen molar-refractivity contribution in [2.45, 2.75) is 13.0 Å². The van der Waals surface area contributed by atoms with Gasteiger partial charge in [-0.15, -0.1) is 11.3 Å². The zero-order chi connectivity index (χ0) is 22.0. The molecule has 162 valence electrons. The summed E-state index contributed by atoms with van der Waals surface area (Å²) >= 11 is 1.37. The predicted molar refractivity (Wildman–Crippen MR) is 120 cm³/mol. The van der Waals surface area contributed by atoms with Crippen molar-refractivity contribution in [3.05, 3.63) is 52.2 Å². The average molecular weight is 440 g/mol. The number of hydrogen-bond donors (Lipinski definition) is 0. The van der Waals surface area contributed by atoms with Crippen molar-refractivity contribution in [2.75, 3.05) is 45.8 Å². The van der Waals surface area contributed by atoms with Crippen LogP contribution in [0.15, 0.2) is 36.0 Å². The highest BCUT2D eigenvalue weighted by Crippen LogP contribution is 2.33. The molecule has 3 heterocycles. The first kappa shape index (κ1) is 21.2. The largest absolute Gasteiger partial charge is 0.497 e. The predicted octanol–water partition coefficient (Wildman–Crippen LogP) is 3.20. The van der Waals surface area contributed by atoms with Crippen LogP contribution in [0.25, 0.3) is 11.1 Å². The second kappa shape index (κ2) is 8.99. The Morgan fingerprint density at radius 2 is 2.16 bits per heavy atom. The maximum absolute atomic E-state index is 13.1. The number of amides is 1. The van der Waals surface area contributed by atoms with Crippen molar-refractivity contribution in [1.82, 2.24) is 19.9 Å². The third-order valence-corrected chi connectivity index (χ3v) is 6.10. The summed E-state index contributed by atoms with van der Waals surface area (Å²) in [7, 11) is 5.43. The van der Waals surface area contributed by atoms with E-state index in [-0.39, 0.29) is 12.0 Å². The van der Waals surface area contributed by atoms with E-state index in [2.05, 4.69) is 9.97 Å². The van der Waals surface area contributed by atoms with Crippen LogP contribution in [0.3, 0.4) is 0 Å². The molecular formula is C22H25N5O3S. The standard InChI is InChI=1S/C22H25N5O3S/c1-14-20(31-13-24-14)21(28)27-8-9-30-18(12-27)19-17(11-23-22(25-19)26(2)3)15-6-5-7-16(10-15)29-4/h5-7,10-11,13,18H,8-9,12H2,1-4H3. The SMILES string of the molecule is COc1cccc(-c2cnc(N(C)C)nc2C2CN(C(=O)c3scnc3C)CCO2)c1. The number of ether oxygens (including phenoxy) is 2. The Morgan fingerprint density at radius 3 is 2.87 bits per heavy atom. The number of thiazole rings is 1. The molecule has 31 heavy (non-hydrogen) atoms. The van der Waals surface area contributed by atoms with E-state index in [0.717, 1.165) is 28.3 Å². The molecule has 0 N–H and O–H groups in total. The van der Waals surface area contributed by atoms with Gasteiger partial charge in [-0.3, -0.25) is 4.79 Å². The Bertz CT molecular complexity index is 1080. The second-order valence-electron chi connectivity index (χ2n) is 7.47. The highest BCUT2D eigenvalue weighted by Gasteiger charge is 2.30. The van der Waals surface area contributed by atoms with Crippen LogP contribution in [-0.4, -0.2) is 66.7 Å². The Balaban J connectivity index is 1.70. The number of carbonyl (C=O) groups is 1. The summed E-state index contributed by atoms with van der Waals surface area (Å²) in [6, 6.07) is 7.77. The van der Waals surface area contributed by atoms with Gasteiger partial charge in [-0.2, -0.15) is 0 Å². The molecule has 0 saturated carbocycles. The van der Waals surface area contributed by atoms with E-state index in [1.165, 1.54) is 11.3 Å². The highest BCUT2D eigenvalue weighted by atomic mass is 32.1. The first-order chi connectivity index (χ1) is 15.0. The molecule has 2 aromatic heterocycles. The van der Waals surface area contributed by atoms with E-state index >= 15 is 0 Å². The summed E-state index contributed by atoms with van der Waals surface area (Å²) in [5.74, 6) is 1.33. The molecule has 9 heteroatoms. The van der Waals surface area contributed by atoms with E-state index in [1.54, 1.807) is 12.6 Å². The number of nitrogens with zero attached hydrogens (tertiary/aromatic N) is 5. The maximum Gasteiger partial charge on any atom is 0.266 e. The Labute approximate surface area is 185 Å². The molecule has 0 aliphatic carbocycles. The van der Waals surface area contributed by atoms with Crippen LogP contribution in [0.4, 0.5) is 5.95 Å². The second-order valence-corrected chi connectivity index (χ2v) is 8.33. The number of aryl methyl sites for hydroxylation is 1. The van der Waals surface area contributed by atoms with Gasteiger partial charge in [-0.1, -0.05) is 12.1 Å². The summed E-state index contributed by atoms with van der Waals surface area (Å²) in [6.07, 6.45) is 1.44. The zero-order valence-corrected chi connectivity index (χ0v) is 18.8. The monoisotopic (exact) mass is 439 g/mol. The number of methoxy groups -OCH3 is 1. The zero-order valence-electron chi connectivity index (χ0n) is 18.0. The van der Waals surface area contributed by atoms with Crippen LogP contribution in [0.1, 0.15) is 27.2 Å². The number of hydrogen-bond acceptors (Lipinski definition) is 8. The highest BCUT2D eigenvalue weighted by molar-refractivity contribution is 7.11. The topological polar surface area (TPSA) is 80.7 Å². The molecule has 1 fully saturated rings. The van der Waals surface area contributed by atoms with E-state index in [1.807, 2.05) is 61.3 Å². The summed E-state index contributed by atoms with van der Waals surface area (Å²) in [5.41, 5.74) is 5.01. The average Bonchev–Trinajstić information content (AvgIpc) is 3.24. The number of rotatable bonds is 5. The van der Waals surface area contributed by atoms with Gasteiger partial charge in [0.15, 0.2) is 0 Å². The number of anilines is 1. The molecule has 1 amide bonds. The van der Waals surface area contributed by atoms with Gasteiger partial charge in [0.25, 0.3) is 5.91 Å². The smallest absolute Gasteiger partial charge is 0.266 e. The minimum absolute atomic E-state index is 0.0156. The Morgan fingerprint density at radius 1 is 1.32 bits per heavy atom. The molecule has 1 atom stereocenters. The molecule has 0 bridgehead atoms. The third kappa shape index (κ3) is 4.38. The van der Waals surface area contributed by atoms with Crippen LogP contribution in [0, 0.1) is 6.92 Å². The summed E-state index contributed by atoms with van der Waals surface area (Å²) < 4.78 is 11.5. The van der Waals surface area contributed by atoms with Gasteiger partial charge in [-0.05, 0) is 24.6 Å².